The molecule has 1 saturated heterocycles. The summed E-state index contributed by atoms with van der Waals surface area (Å²) in [4.78, 5) is 26.1. The van der Waals surface area contributed by atoms with Crippen molar-refractivity contribution < 1.29 is 9.59 Å². The Kier molecular flexibility index (Phi) is 6.52. The number of carbonyl (C=O) groups excluding carboxylic acids is 2. The van der Waals surface area contributed by atoms with E-state index >= 15 is 0 Å². The quantitative estimate of drug-likeness (QED) is 0.491. The molecule has 6 nitrogen and oxygen atoms in total. The number of carbonyl (C=O) groups is 2. The summed E-state index contributed by atoms with van der Waals surface area (Å²) in [5.41, 5.74) is 8.96. The van der Waals surface area contributed by atoms with Gasteiger partial charge in [-0.3, -0.25) is 9.59 Å². The van der Waals surface area contributed by atoms with Crippen molar-refractivity contribution in [3.63, 3.8) is 0 Å². The van der Waals surface area contributed by atoms with Gasteiger partial charge in [-0.25, -0.2) is 5.43 Å². The number of hydrazone groups is 1. The van der Waals surface area contributed by atoms with Crippen LogP contribution in [0.3, 0.4) is 0 Å². The summed E-state index contributed by atoms with van der Waals surface area (Å²) in [6.07, 6.45) is 5.73. The van der Waals surface area contributed by atoms with Crippen LogP contribution in [0.15, 0.2) is 29.4 Å². The van der Waals surface area contributed by atoms with Crippen LogP contribution < -0.4 is 5.43 Å². The molecule has 1 aliphatic rings. The fourth-order valence-electron chi connectivity index (χ4n) is 3.88. The lowest BCUT2D eigenvalue weighted by Crippen LogP contribution is -2.41. The van der Waals surface area contributed by atoms with Crippen molar-refractivity contribution in [1.29, 1.82) is 0 Å². The number of hydrogen-bond acceptors (Lipinski definition) is 3. The monoisotopic (exact) mass is 394 g/mol. The highest BCUT2D eigenvalue weighted by Gasteiger charge is 2.22. The van der Waals surface area contributed by atoms with E-state index in [2.05, 4.69) is 47.1 Å². The largest absolute Gasteiger partial charge is 0.334 e. The van der Waals surface area contributed by atoms with Crippen LogP contribution >= 0.6 is 0 Å². The molecule has 6 heteroatoms. The van der Waals surface area contributed by atoms with Crippen molar-refractivity contribution in [3.8, 4) is 5.69 Å². The molecule has 1 aliphatic heterocycles. The van der Waals surface area contributed by atoms with Gasteiger partial charge in [-0.15, -0.1) is 0 Å². The van der Waals surface area contributed by atoms with Crippen LogP contribution in [0.5, 0.6) is 0 Å². The third-order valence-electron chi connectivity index (χ3n) is 5.53. The molecule has 0 spiro atoms. The average molecular weight is 395 g/mol. The third kappa shape index (κ3) is 4.75. The number of nitrogens with zero attached hydrogens (tertiary/aromatic N) is 3. The van der Waals surface area contributed by atoms with Crippen LogP contribution in [0.1, 0.15) is 53.8 Å². The van der Waals surface area contributed by atoms with Gasteiger partial charge in [0.2, 0.25) is 0 Å². The Balaban J connectivity index is 1.72. The first kappa shape index (κ1) is 20.8. The lowest BCUT2D eigenvalue weighted by Gasteiger charge is -2.18. The second kappa shape index (κ2) is 9.07. The maximum atomic E-state index is 12.3. The fourth-order valence-corrected chi connectivity index (χ4v) is 3.88. The van der Waals surface area contributed by atoms with Crippen molar-refractivity contribution in [1.82, 2.24) is 14.9 Å². The second-order valence-corrected chi connectivity index (χ2v) is 7.86. The van der Waals surface area contributed by atoms with E-state index in [1.54, 1.807) is 11.1 Å². The number of hydrogen-bond donors (Lipinski definition) is 1. The van der Waals surface area contributed by atoms with E-state index < -0.39 is 11.8 Å². The fraction of sp³-hybridized carbons (Fsp3) is 0.435. The minimum atomic E-state index is -0.675. The number of benzene rings is 1. The summed E-state index contributed by atoms with van der Waals surface area (Å²) in [7, 11) is 0. The molecule has 0 bridgehead atoms. The molecule has 1 aromatic heterocycles. The summed E-state index contributed by atoms with van der Waals surface area (Å²) in [5.74, 6) is -1.17. The zero-order chi connectivity index (χ0) is 21.0. The van der Waals surface area contributed by atoms with Crippen LogP contribution in [-0.2, 0) is 9.59 Å². The van der Waals surface area contributed by atoms with Crippen molar-refractivity contribution >= 4 is 18.0 Å². The van der Waals surface area contributed by atoms with E-state index in [4.69, 9.17) is 0 Å². The summed E-state index contributed by atoms with van der Waals surface area (Å²) in [5, 5.41) is 4.04. The summed E-state index contributed by atoms with van der Waals surface area (Å²) < 4.78 is 2.19. The van der Waals surface area contributed by atoms with E-state index in [9.17, 15) is 9.59 Å². The lowest BCUT2D eigenvalue weighted by atomic mass is 10.1. The third-order valence-corrected chi connectivity index (χ3v) is 5.53. The van der Waals surface area contributed by atoms with Gasteiger partial charge in [0.25, 0.3) is 0 Å². The van der Waals surface area contributed by atoms with Gasteiger partial charge in [-0.2, -0.15) is 5.10 Å². The number of nitrogens with one attached hydrogen (secondary N) is 1. The first-order valence-electron chi connectivity index (χ1n) is 10.3. The molecule has 0 atom stereocenters. The van der Waals surface area contributed by atoms with E-state index in [-0.39, 0.29) is 0 Å². The van der Waals surface area contributed by atoms with Crippen LogP contribution in [0.2, 0.25) is 0 Å². The van der Waals surface area contributed by atoms with Crippen molar-refractivity contribution in [2.45, 2.75) is 53.4 Å². The zero-order valence-electron chi connectivity index (χ0n) is 17.8. The van der Waals surface area contributed by atoms with Crippen molar-refractivity contribution in [2.24, 2.45) is 5.10 Å². The van der Waals surface area contributed by atoms with Crippen molar-refractivity contribution in [3.05, 3.63) is 52.3 Å². The average Bonchev–Trinajstić information content (AvgIpc) is 2.88. The molecule has 154 valence electrons. The van der Waals surface area contributed by atoms with Crippen LogP contribution in [0.4, 0.5) is 0 Å². The minimum absolute atomic E-state index is 0.495. The molecule has 3 rings (SSSR count). The molecule has 1 fully saturated rings. The molecule has 0 radical (unpaired) electrons. The highest BCUT2D eigenvalue weighted by atomic mass is 16.2. The maximum absolute atomic E-state index is 12.3. The highest BCUT2D eigenvalue weighted by Crippen LogP contribution is 2.23. The second-order valence-electron chi connectivity index (χ2n) is 7.86. The van der Waals surface area contributed by atoms with E-state index in [0.29, 0.717) is 13.1 Å². The summed E-state index contributed by atoms with van der Waals surface area (Å²) in [6, 6.07) is 8.42. The normalized spacial score (nSPS) is 14.8. The Morgan fingerprint density at radius 1 is 1.00 bits per heavy atom. The smallest absolute Gasteiger partial charge is 0.329 e. The van der Waals surface area contributed by atoms with Gasteiger partial charge in [0, 0.05) is 35.7 Å². The number of rotatable bonds is 3. The molecule has 2 aromatic rings. The molecule has 2 amide bonds. The van der Waals surface area contributed by atoms with Gasteiger partial charge in [0.15, 0.2) is 0 Å². The number of likely N-dealkylation sites (tertiary alicyclic amines) is 1. The molecule has 0 unspecified atom stereocenters. The lowest BCUT2D eigenvalue weighted by molar-refractivity contribution is -0.145. The Morgan fingerprint density at radius 3 is 2.38 bits per heavy atom. The first-order chi connectivity index (χ1) is 13.9. The van der Waals surface area contributed by atoms with Crippen molar-refractivity contribution in [2.75, 3.05) is 13.1 Å². The molecular formula is C23H30N4O2. The Morgan fingerprint density at radius 2 is 1.69 bits per heavy atom. The van der Waals surface area contributed by atoms with Crippen LogP contribution in [0.25, 0.3) is 5.69 Å². The van der Waals surface area contributed by atoms with Crippen LogP contribution in [0, 0.1) is 27.7 Å². The Bertz CT molecular complexity index is 935. The summed E-state index contributed by atoms with van der Waals surface area (Å²) >= 11 is 0. The standard InChI is InChI=1S/C23H30N4O2/c1-16-9-10-17(2)21(13-16)27-18(3)14-20(19(27)4)15-24-25-22(28)23(29)26-11-7-5-6-8-12-26/h9-10,13-15H,5-8,11-12H2,1-4H3,(H,25,28)/b24-15-. The van der Waals surface area contributed by atoms with Gasteiger partial charge in [-0.1, -0.05) is 25.0 Å². The summed E-state index contributed by atoms with van der Waals surface area (Å²) in [6.45, 7) is 9.54. The van der Waals surface area contributed by atoms with E-state index in [0.717, 1.165) is 48.3 Å². The molecular weight excluding hydrogens is 364 g/mol. The van der Waals surface area contributed by atoms with E-state index in [1.807, 2.05) is 19.9 Å². The molecule has 1 N–H and O–H groups in total. The Labute approximate surface area is 172 Å². The van der Waals surface area contributed by atoms with Crippen LogP contribution in [-0.4, -0.2) is 40.6 Å². The number of aryl methyl sites for hydroxylation is 3. The van der Waals surface area contributed by atoms with Gasteiger partial charge in [0.05, 0.1) is 6.21 Å². The SMILES string of the molecule is Cc1ccc(C)c(-n2c(C)cc(/C=N\NC(=O)C(=O)N3CCCCCC3)c2C)c1. The predicted octanol–water partition coefficient (Wildman–Crippen LogP) is 3.56. The minimum Gasteiger partial charge on any atom is -0.334 e. The maximum Gasteiger partial charge on any atom is 0.329 e. The predicted molar refractivity (Wildman–Crippen MR) is 116 cm³/mol. The molecule has 1 aromatic carbocycles. The first-order valence-corrected chi connectivity index (χ1v) is 10.3. The van der Waals surface area contributed by atoms with E-state index in [1.165, 1.54) is 11.1 Å². The van der Waals surface area contributed by atoms with Gasteiger partial charge in [0.1, 0.15) is 0 Å². The highest BCUT2D eigenvalue weighted by molar-refractivity contribution is 6.35. The Hall–Kier alpha value is -2.89. The number of amides is 2. The molecule has 2 heterocycles. The van der Waals surface area contributed by atoms with Gasteiger partial charge < -0.3 is 9.47 Å². The zero-order valence-corrected chi connectivity index (χ0v) is 17.8. The van der Waals surface area contributed by atoms with Gasteiger partial charge >= 0.3 is 11.8 Å². The molecule has 0 saturated carbocycles. The molecule has 29 heavy (non-hydrogen) atoms. The van der Waals surface area contributed by atoms with Gasteiger partial charge in [-0.05, 0) is 63.8 Å². The molecule has 0 aliphatic carbocycles. The topological polar surface area (TPSA) is 66.7 Å². The number of aromatic nitrogens is 1.